The number of aliphatic hydroxyl groups excluding tert-OH is 1. The minimum Gasteiger partial charge on any atom is -0.394 e. The van der Waals surface area contributed by atoms with E-state index >= 15 is 0 Å². The third kappa shape index (κ3) is 4.13. The van der Waals surface area contributed by atoms with E-state index in [4.69, 9.17) is 0 Å². The SMILES string of the molecule is CN(CCc1ccncc1)C(CO)c1cccc(Br)c1. The molecule has 1 N–H and O–H groups in total. The number of nitrogens with zero attached hydrogens (tertiary/aromatic N) is 2. The minimum absolute atomic E-state index is 0.0225. The first-order chi connectivity index (χ1) is 9.70. The van der Waals surface area contributed by atoms with E-state index in [1.807, 2.05) is 43.7 Å². The van der Waals surface area contributed by atoms with Gasteiger partial charge >= 0.3 is 0 Å². The second-order valence-corrected chi connectivity index (χ2v) is 5.76. The lowest BCUT2D eigenvalue weighted by atomic mass is 10.1. The van der Waals surface area contributed by atoms with Crippen LogP contribution in [0.25, 0.3) is 0 Å². The van der Waals surface area contributed by atoms with Gasteiger partial charge in [0.1, 0.15) is 0 Å². The number of halogens is 1. The van der Waals surface area contributed by atoms with Gasteiger partial charge in [-0.3, -0.25) is 9.88 Å². The van der Waals surface area contributed by atoms with Crippen molar-refractivity contribution >= 4 is 15.9 Å². The van der Waals surface area contributed by atoms with Crippen molar-refractivity contribution in [2.75, 3.05) is 20.2 Å². The Balaban J connectivity index is 2.00. The van der Waals surface area contributed by atoms with Gasteiger partial charge in [-0.2, -0.15) is 0 Å². The van der Waals surface area contributed by atoms with E-state index in [1.54, 1.807) is 0 Å². The molecule has 1 unspecified atom stereocenters. The predicted molar refractivity (Wildman–Crippen MR) is 84.5 cm³/mol. The first-order valence-electron chi connectivity index (χ1n) is 6.66. The third-order valence-electron chi connectivity index (χ3n) is 3.44. The molecule has 4 heteroatoms. The quantitative estimate of drug-likeness (QED) is 0.881. The van der Waals surface area contributed by atoms with Crippen molar-refractivity contribution in [3.63, 3.8) is 0 Å². The number of rotatable bonds is 6. The molecule has 3 nitrogen and oxygen atoms in total. The summed E-state index contributed by atoms with van der Waals surface area (Å²) < 4.78 is 1.04. The van der Waals surface area contributed by atoms with Gasteiger partial charge in [0.25, 0.3) is 0 Å². The lowest BCUT2D eigenvalue weighted by Crippen LogP contribution is -2.29. The Morgan fingerprint density at radius 1 is 1.25 bits per heavy atom. The molecule has 0 aliphatic heterocycles. The van der Waals surface area contributed by atoms with Gasteiger partial charge in [-0.05, 0) is 48.9 Å². The van der Waals surface area contributed by atoms with E-state index in [9.17, 15) is 5.11 Å². The van der Waals surface area contributed by atoms with Crippen LogP contribution >= 0.6 is 15.9 Å². The molecule has 0 bridgehead atoms. The Labute approximate surface area is 128 Å². The van der Waals surface area contributed by atoms with Crippen LogP contribution in [0.2, 0.25) is 0 Å². The van der Waals surface area contributed by atoms with Crippen molar-refractivity contribution in [3.8, 4) is 0 Å². The average molecular weight is 335 g/mol. The van der Waals surface area contributed by atoms with E-state index in [0.717, 1.165) is 23.0 Å². The van der Waals surface area contributed by atoms with Crippen molar-refractivity contribution in [3.05, 3.63) is 64.4 Å². The standard InChI is InChI=1S/C16H19BrN2O/c1-19(10-7-13-5-8-18-9-6-13)16(12-20)14-3-2-4-15(17)11-14/h2-6,8-9,11,16,20H,7,10,12H2,1H3. The molecular formula is C16H19BrN2O. The summed E-state index contributed by atoms with van der Waals surface area (Å²) in [5.74, 6) is 0. The zero-order valence-corrected chi connectivity index (χ0v) is 13.1. The van der Waals surface area contributed by atoms with Gasteiger partial charge in [0.05, 0.1) is 12.6 Å². The molecule has 0 fully saturated rings. The lowest BCUT2D eigenvalue weighted by molar-refractivity contribution is 0.149. The Bertz CT molecular complexity index is 533. The Morgan fingerprint density at radius 3 is 2.65 bits per heavy atom. The Morgan fingerprint density at radius 2 is 2.00 bits per heavy atom. The third-order valence-corrected chi connectivity index (χ3v) is 3.93. The fourth-order valence-corrected chi connectivity index (χ4v) is 2.64. The number of benzene rings is 1. The summed E-state index contributed by atoms with van der Waals surface area (Å²) in [5.41, 5.74) is 2.39. The second-order valence-electron chi connectivity index (χ2n) is 4.84. The summed E-state index contributed by atoms with van der Waals surface area (Å²) in [5, 5.41) is 9.67. The second kappa shape index (κ2) is 7.53. The van der Waals surface area contributed by atoms with E-state index in [0.29, 0.717) is 0 Å². The van der Waals surface area contributed by atoms with Crippen molar-refractivity contribution in [2.24, 2.45) is 0 Å². The monoisotopic (exact) mass is 334 g/mol. The normalized spacial score (nSPS) is 12.6. The van der Waals surface area contributed by atoms with Crippen molar-refractivity contribution < 1.29 is 5.11 Å². The zero-order valence-electron chi connectivity index (χ0n) is 11.5. The molecule has 1 aromatic carbocycles. The van der Waals surface area contributed by atoms with Gasteiger partial charge in [0, 0.05) is 23.4 Å². The summed E-state index contributed by atoms with van der Waals surface area (Å²) in [6.07, 6.45) is 4.57. The largest absolute Gasteiger partial charge is 0.394 e. The molecule has 0 saturated heterocycles. The van der Waals surface area contributed by atoms with E-state index in [-0.39, 0.29) is 12.6 Å². The molecule has 2 rings (SSSR count). The molecule has 106 valence electrons. The van der Waals surface area contributed by atoms with E-state index in [2.05, 4.69) is 37.9 Å². The molecule has 0 spiro atoms. The molecule has 20 heavy (non-hydrogen) atoms. The van der Waals surface area contributed by atoms with Gasteiger partial charge in [0.2, 0.25) is 0 Å². The van der Waals surface area contributed by atoms with E-state index in [1.165, 1.54) is 5.56 Å². The van der Waals surface area contributed by atoms with Crippen LogP contribution in [0.1, 0.15) is 17.2 Å². The maximum atomic E-state index is 9.67. The smallest absolute Gasteiger partial charge is 0.0628 e. The van der Waals surface area contributed by atoms with Crippen molar-refractivity contribution in [1.29, 1.82) is 0 Å². The van der Waals surface area contributed by atoms with Crippen LogP contribution in [0.15, 0.2) is 53.3 Å². The highest BCUT2D eigenvalue weighted by atomic mass is 79.9. The molecule has 0 amide bonds. The summed E-state index contributed by atoms with van der Waals surface area (Å²) >= 11 is 3.48. The molecule has 0 aliphatic carbocycles. The molecule has 2 aromatic rings. The fraction of sp³-hybridized carbons (Fsp3) is 0.312. The zero-order chi connectivity index (χ0) is 14.4. The highest BCUT2D eigenvalue weighted by Crippen LogP contribution is 2.22. The lowest BCUT2D eigenvalue weighted by Gasteiger charge is -2.27. The number of likely N-dealkylation sites (N-methyl/N-ethyl adjacent to an activating group) is 1. The summed E-state index contributed by atoms with van der Waals surface area (Å²) in [6, 6.07) is 12.2. The summed E-state index contributed by atoms with van der Waals surface area (Å²) in [6.45, 7) is 1.01. The highest BCUT2D eigenvalue weighted by molar-refractivity contribution is 9.10. The first-order valence-corrected chi connectivity index (χ1v) is 7.45. The number of aliphatic hydroxyl groups is 1. The van der Waals surface area contributed by atoms with Gasteiger partial charge < -0.3 is 5.11 Å². The van der Waals surface area contributed by atoms with Crippen LogP contribution in [-0.4, -0.2) is 35.2 Å². The van der Waals surface area contributed by atoms with Gasteiger partial charge in [-0.1, -0.05) is 28.1 Å². The summed E-state index contributed by atoms with van der Waals surface area (Å²) in [7, 11) is 2.04. The molecule has 1 atom stereocenters. The molecular weight excluding hydrogens is 316 g/mol. The number of hydrogen-bond acceptors (Lipinski definition) is 3. The highest BCUT2D eigenvalue weighted by Gasteiger charge is 2.16. The number of pyridine rings is 1. The van der Waals surface area contributed by atoms with Crippen molar-refractivity contribution in [2.45, 2.75) is 12.5 Å². The molecule has 0 aliphatic rings. The Kier molecular flexibility index (Phi) is 5.71. The van der Waals surface area contributed by atoms with Crippen LogP contribution in [0.4, 0.5) is 0 Å². The first kappa shape index (κ1) is 15.2. The maximum Gasteiger partial charge on any atom is 0.0628 e. The number of aromatic nitrogens is 1. The molecule has 1 aromatic heterocycles. The van der Waals surface area contributed by atoms with Gasteiger partial charge in [-0.25, -0.2) is 0 Å². The number of hydrogen-bond donors (Lipinski definition) is 1. The minimum atomic E-state index is 0.0225. The van der Waals surface area contributed by atoms with Crippen LogP contribution < -0.4 is 0 Å². The molecule has 0 radical (unpaired) electrons. The molecule has 1 heterocycles. The Hall–Kier alpha value is -1.23. The van der Waals surface area contributed by atoms with Crippen molar-refractivity contribution in [1.82, 2.24) is 9.88 Å². The fourth-order valence-electron chi connectivity index (χ4n) is 2.22. The topological polar surface area (TPSA) is 36.4 Å². The van der Waals surface area contributed by atoms with Crippen LogP contribution in [-0.2, 0) is 6.42 Å². The molecule has 0 saturated carbocycles. The van der Waals surface area contributed by atoms with Gasteiger partial charge in [-0.15, -0.1) is 0 Å². The van der Waals surface area contributed by atoms with Crippen LogP contribution in [0.5, 0.6) is 0 Å². The predicted octanol–water partition coefficient (Wildman–Crippen LogP) is 3.05. The maximum absolute atomic E-state index is 9.67. The van der Waals surface area contributed by atoms with Crippen LogP contribution in [0, 0.1) is 0 Å². The average Bonchev–Trinajstić information content (AvgIpc) is 2.47. The summed E-state index contributed by atoms with van der Waals surface area (Å²) in [4.78, 5) is 6.20. The van der Waals surface area contributed by atoms with Gasteiger partial charge in [0.15, 0.2) is 0 Å². The van der Waals surface area contributed by atoms with Crippen LogP contribution in [0.3, 0.4) is 0 Å². The van der Waals surface area contributed by atoms with E-state index < -0.39 is 0 Å².